The zero-order valence-electron chi connectivity index (χ0n) is 34.6. The average molecular weight is 784 g/mol. The van der Waals surface area contributed by atoms with Gasteiger partial charge in [0.15, 0.2) is 0 Å². The van der Waals surface area contributed by atoms with Crippen LogP contribution in [0.3, 0.4) is 0 Å². The monoisotopic (exact) mass is 783 g/mol. The summed E-state index contributed by atoms with van der Waals surface area (Å²) in [5.74, 6) is 1.68. The SMILES string of the molecule is CC1(C)c2ccccc2-c2ccc(N(c3ccc(-c4ccc(Oc5ccccc5)c5c4C(C)(c4ccccc4)c4ccccc4-5)cc3)c3ccccc3-c3ccccc3)cc21. The average Bonchev–Trinajstić information content (AvgIpc) is 3.73. The second-order valence-electron chi connectivity index (χ2n) is 17.0. The number of anilines is 3. The fourth-order valence-electron chi connectivity index (χ4n) is 10.2. The molecule has 0 bridgehead atoms. The van der Waals surface area contributed by atoms with Crippen molar-refractivity contribution in [2.24, 2.45) is 0 Å². The zero-order chi connectivity index (χ0) is 41.1. The summed E-state index contributed by atoms with van der Waals surface area (Å²) in [6.45, 7) is 7.09. The molecule has 0 N–H and O–H groups in total. The molecule has 0 radical (unpaired) electrons. The second kappa shape index (κ2) is 14.4. The first kappa shape index (κ1) is 36.6. The van der Waals surface area contributed by atoms with Crippen molar-refractivity contribution < 1.29 is 4.74 Å². The van der Waals surface area contributed by atoms with Crippen LogP contribution in [0, 0.1) is 0 Å². The molecular formula is C59H45NO. The van der Waals surface area contributed by atoms with Crippen molar-refractivity contribution in [3.05, 3.63) is 246 Å². The summed E-state index contributed by atoms with van der Waals surface area (Å²) in [4.78, 5) is 2.44. The number of nitrogens with zero attached hydrogens (tertiary/aromatic N) is 1. The Morgan fingerprint density at radius 2 is 0.934 bits per heavy atom. The van der Waals surface area contributed by atoms with Gasteiger partial charge in [-0.05, 0) is 117 Å². The van der Waals surface area contributed by atoms with E-state index in [0.717, 1.165) is 39.7 Å². The molecule has 0 heterocycles. The van der Waals surface area contributed by atoms with Crippen LogP contribution >= 0.6 is 0 Å². The summed E-state index contributed by atoms with van der Waals surface area (Å²) in [6.07, 6.45) is 0. The van der Waals surface area contributed by atoms with E-state index in [1.165, 1.54) is 61.2 Å². The van der Waals surface area contributed by atoms with Gasteiger partial charge >= 0.3 is 0 Å². The van der Waals surface area contributed by atoms with E-state index < -0.39 is 5.41 Å². The largest absolute Gasteiger partial charge is 0.457 e. The number of hydrogen-bond acceptors (Lipinski definition) is 2. The molecule has 0 fully saturated rings. The quantitative estimate of drug-likeness (QED) is 0.152. The molecule has 1 atom stereocenters. The Morgan fingerprint density at radius 1 is 0.393 bits per heavy atom. The third kappa shape index (κ3) is 5.85. The first-order valence-electron chi connectivity index (χ1n) is 21.3. The minimum atomic E-state index is -0.424. The van der Waals surface area contributed by atoms with Crippen LogP contribution in [0.2, 0.25) is 0 Å². The molecule has 0 spiro atoms. The highest BCUT2D eigenvalue weighted by atomic mass is 16.5. The highest BCUT2D eigenvalue weighted by Crippen LogP contribution is 2.59. The van der Waals surface area contributed by atoms with Gasteiger partial charge in [0.2, 0.25) is 0 Å². The topological polar surface area (TPSA) is 12.5 Å². The molecule has 2 aliphatic rings. The third-order valence-corrected chi connectivity index (χ3v) is 13.2. The molecule has 0 aliphatic heterocycles. The Labute approximate surface area is 359 Å². The van der Waals surface area contributed by atoms with Crippen molar-refractivity contribution in [1.29, 1.82) is 0 Å². The molecule has 9 aromatic rings. The number of rotatable bonds is 8. The Balaban J connectivity index is 1.09. The van der Waals surface area contributed by atoms with E-state index >= 15 is 0 Å². The standard InChI is InChI=1S/C59H45NO/c1-58(2)51-28-16-13-26-48(51)49-36-35-44(39-53(49)58)60(54-30-18-15-25-46(54)40-19-7-4-8-20-40)43-33-31-41(32-34-43)47-37-38-55(61-45-23-11-6-12-24-45)56-50-27-14-17-29-52(50)59(3,57(47)56)42-21-9-5-10-22-42/h4-39H,1-3H3. The second-order valence-corrected chi connectivity index (χ2v) is 17.0. The van der Waals surface area contributed by atoms with E-state index in [9.17, 15) is 0 Å². The Morgan fingerprint density at radius 3 is 1.67 bits per heavy atom. The molecule has 1 unspecified atom stereocenters. The number of fused-ring (bicyclic) bond motifs is 6. The summed E-state index contributed by atoms with van der Waals surface area (Å²) >= 11 is 0. The summed E-state index contributed by atoms with van der Waals surface area (Å²) in [6, 6.07) is 79.0. The van der Waals surface area contributed by atoms with Crippen molar-refractivity contribution >= 4 is 17.1 Å². The van der Waals surface area contributed by atoms with Crippen LogP contribution < -0.4 is 9.64 Å². The molecule has 292 valence electrons. The van der Waals surface area contributed by atoms with Crippen LogP contribution in [0.15, 0.2) is 218 Å². The van der Waals surface area contributed by atoms with Crippen LogP contribution in [-0.4, -0.2) is 0 Å². The number of hydrogen-bond donors (Lipinski definition) is 0. The lowest BCUT2D eigenvalue weighted by Crippen LogP contribution is -2.23. The summed E-state index contributed by atoms with van der Waals surface area (Å²) in [5, 5.41) is 0. The maximum atomic E-state index is 6.75. The van der Waals surface area contributed by atoms with E-state index in [4.69, 9.17) is 4.74 Å². The Bertz CT molecular complexity index is 3080. The normalized spacial score (nSPS) is 15.3. The first-order chi connectivity index (χ1) is 29.9. The summed E-state index contributed by atoms with van der Waals surface area (Å²) < 4.78 is 6.75. The predicted octanol–water partition coefficient (Wildman–Crippen LogP) is 15.9. The van der Waals surface area contributed by atoms with Gasteiger partial charge in [-0.2, -0.15) is 0 Å². The molecule has 0 amide bonds. The van der Waals surface area contributed by atoms with Gasteiger partial charge in [-0.1, -0.05) is 184 Å². The number of ether oxygens (including phenoxy) is 1. The molecule has 2 heteroatoms. The maximum Gasteiger partial charge on any atom is 0.135 e. The van der Waals surface area contributed by atoms with Crippen LogP contribution in [0.1, 0.15) is 48.6 Å². The zero-order valence-corrected chi connectivity index (χ0v) is 34.6. The van der Waals surface area contributed by atoms with E-state index in [0.29, 0.717) is 0 Å². The van der Waals surface area contributed by atoms with Gasteiger partial charge in [-0.15, -0.1) is 0 Å². The number of para-hydroxylation sites is 2. The first-order valence-corrected chi connectivity index (χ1v) is 21.3. The third-order valence-electron chi connectivity index (χ3n) is 13.2. The fourth-order valence-corrected chi connectivity index (χ4v) is 10.2. The molecule has 2 nitrogen and oxygen atoms in total. The highest BCUT2D eigenvalue weighted by Gasteiger charge is 2.44. The lowest BCUT2D eigenvalue weighted by Gasteiger charge is -2.31. The smallest absolute Gasteiger partial charge is 0.135 e. The predicted molar refractivity (Wildman–Crippen MR) is 254 cm³/mol. The molecule has 0 saturated carbocycles. The maximum absolute atomic E-state index is 6.75. The molecule has 9 aromatic carbocycles. The van der Waals surface area contributed by atoms with Gasteiger partial charge in [0.25, 0.3) is 0 Å². The van der Waals surface area contributed by atoms with Gasteiger partial charge in [-0.3, -0.25) is 0 Å². The van der Waals surface area contributed by atoms with Crippen molar-refractivity contribution in [3.63, 3.8) is 0 Å². The Hall–Kier alpha value is -7.42. The van der Waals surface area contributed by atoms with E-state index in [1.54, 1.807) is 0 Å². The molecule has 61 heavy (non-hydrogen) atoms. The van der Waals surface area contributed by atoms with Gasteiger partial charge in [0.05, 0.1) is 5.69 Å². The molecule has 0 saturated heterocycles. The van der Waals surface area contributed by atoms with Gasteiger partial charge in [0, 0.05) is 33.3 Å². The van der Waals surface area contributed by atoms with Crippen molar-refractivity contribution in [2.45, 2.75) is 31.6 Å². The minimum Gasteiger partial charge on any atom is -0.457 e. The lowest BCUT2D eigenvalue weighted by atomic mass is 9.72. The van der Waals surface area contributed by atoms with Gasteiger partial charge < -0.3 is 9.64 Å². The summed E-state index contributed by atoms with van der Waals surface area (Å²) in [5.41, 5.74) is 19.0. The van der Waals surface area contributed by atoms with Gasteiger partial charge in [0.1, 0.15) is 11.5 Å². The highest BCUT2D eigenvalue weighted by molar-refractivity contribution is 5.95. The number of benzene rings is 9. The van der Waals surface area contributed by atoms with E-state index in [2.05, 4.69) is 214 Å². The molecule has 0 aromatic heterocycles. The molecule has 11 rings (SSSR count). The Kier molecular flexibility index (Phi) is 8.65. The van der Waals surface area contributed by atoms with Crippen LogP contribution in [-0.2, 0) is 10.8 Å². The summed E-state index contributed by atoms with van der Waals surface area (Å²) in [7, 11) is 0. The minimum absolute atomic E-state index is 0.129. The van der Waals surface area contributed by atoms with Crippen LogP contribution in [0.5, 0.6) is 11.5 Å². The van der Waals surface area contributed by atoms with Crippen molar-refractivity contribution in [3.8, 4) is 56.0 Å². The van der Waals surface area contributed by atoms with Crippen molar-refractivity contribution in [1.82, 2.24) is 0 Å². The van der Waals surface area contributed by atoms with Crippen molar-refractivity contribution in [2.75, 3.05) is 4.90 Å². The van der Waals surface area contributed by atoms with E-state index in [-0.39, 0.29) is 5.41 Å². The van der Waals surface area contributed by atoms with Gasteiger partial charge in [-0.25, -0.2) is 0 Å². The van der Waals surface area contributed by atoms with Crippen LogP contribution in [0.4, 0.5) is 17.1 Å². The molecular weight excluding hydrogens is 739 g/mol. The molecule has 2 aliphatic carbocycles. The van der Waals surface area contributed by atoms with E-state index in [1.807, 2.05) is 30.3 Å². The lowest BCUT2D eigenvalue weighted by molar-refractivity contribution is 0.484. The van der Waals surface area contributed by atoms with Crippen LogP contribution in [0.25, 0.3) is 44.5 Å². The fraction of sp³-hybridized carbons (Fsp3) is 0.0847.